The number of hydrogen-bond donors (Lipinski definition) is 5. The van der Waals surface area contributed by atoms with Crippen molar-refractivity contribution >= 4 is 5.78 Å². The lowest BCUT2D eigenvalue weighted by Crippen LogP contribution is -2.59. The Balaban J connectivity index is 2.08. The average molecular weight is 346 g/mol. The Morgan fingerprint density at radius 3 is 2.46 bits per heavy atom. The number of hydrogen-bond acceptors (Lipinski definition) is 8. The molecule has 0 amide bonds. The van der Waals surface area contributed by atoms with Crippen LogP contribution in [0.1, 0.15) is 20.3 Å². The van der Waals surface area contributed by atoms with Gasteiger partial charge in [0.25, 0.3) is 0 Å². The second kappa shape index (κ2) is 7.57. The van der Waals surface area contributed by atoms with Gasteiger partial charge in [0.2, 0.25) is 0 Å². The van der Waals surface area contributed by atoms with Crippen molar-refractivity contribution in [3.05, 3.63) is 11.6 Å². The number of aliphatic hydroxyl groups excluding tert-OH is 5. The van der Waals surface area contributed by atoms with Gasteiger partial charge in [-0.15, -0.1) is 0 Å². The Kier molecular flexibility index (Phi) is 6.14. The molecule has 8 nitrogen and oxygen atoms in total. The molecule has 0 bridgehead atoms. The Morgan fingerprint density at radius 1 is 1.21 bits per heavy atom. The highest BCUT2D eigenvalue weighted by Crippen LogP contribution is 2.40. The molecule has 0 spiro atoms. The Morgan fingerprint density at radius 2 is 1.88 bits per heavy atom. The monoisotopic (exact) mass is 346 g/mol. The predicted molar refractivity (Wildman–Crippen MR) is 81.8 cm³/mol. The number of ether oxygens (including phenoxy) is 2. The average Bonchev–Trinajstić information content (AvgIpc) is 2.52. The lowest BCUT2D eigenvalue weighted by Gasteiger charge is -2.42. The van der Waals surface area contributed by atoms with Crippen LogP contribution < -0.4 is 0 Å². The fourth-order valence-corrected chi connectivity index (χ4v) is 3.32. The quantitative estimate of drug-likeness (QED) is 0.399. The number of carbonyl (C=O) groups is 1. The second-order valence-corrected chi connectivity index (χ2v) is 7.09. The van der Waals surface area contributed by atoms with Gasteiger partial charge in [-0.3, -0.25) is 4.79 Å². The molecule has 0 aromatic rings. The summed E-state index contributed by atoms with van der Waals surface area (Å²) < 4.78 is 10.9. The van der Waals surface area contributed by atoms with E-state index in [0.29, 0.717) is 12.0 Å². The van der Waals surface area contributed by atoms with E-state index in [1.165, 1.54) is 6.08 Å². The Hall–Kier alpha value is -0.870. The van der Waals surface area contributed by atoms with E-state index >= 15 is 0 Å². The molecule has 1 saturated heterocycles. The van der Waals surface area contributed by atoms with Crippen molar-refractivity contribution in [1.82, 2.24) is 0 Å². The van der Waals surface area contributed by atoms with Crippen molar-refractivity contribution in [2.45, 2.75) is 51.0 Å². The molecule has 138 valence electrons. The van der Waals surface area contributed by atoms with Gasteiger partial charge in [-0.05, 0) is 17.1 Å². The maximum Gasteiger partial charge on any atom is 0.186 e. The van der Waals surface area contributed by atoms with Gasteiger partial charge in [0.1, 0.15) is 24.4 Å². The first kappa shape index (κ1) is 19.5. The number of ketones is 1. The molecule has 24 heavy (non-hydrogen) atoms. The molecule has 0 aromatic carbocycles. The summed E-state index contributed by atoms with van der Waals surface area (Å²) in [5.41, 5.74) is 0.0960. The summed E-state index contributed by atoms with van der Waals surface area (Å²) in [5.74, 6) is -0.333. The molecule has 8 heteroatoms. The van der Waals surface area contributed by atoms with Crippen molar-refractivity contribution in [1.29, 1.82) is 0 Å². The van der Waals surface area contributed by atoms with Crippen molar-refractivity contribution in [3.63, 3.8) is 0 Å². The minimum absolute atomic E-state index is 0.0510. The Bertz CT molecular complexity index is 486. The first-order valence-electron chi connectivity index (χ1n) is 7.97. The van der Waals surface area contributed by atoms with Crippen LogP contribution in [0.3, 0.4) is 0 Å². The normalized spacial score (nSPS) is 39.6. The van der Waals surface area contributed by atoms with Crippen LogP contribution in [0.4, 0.5) is 0 Å². The zero-order valence-electron chi connectivity index (χ0n) is 13.8. The van der Waals surface area contributed by atoms with E-state index in [1.807, 2.05) is 13.8 Å². The van der Waals surface area contributed by atoms with Gasteiger partial charge >= 0.3 is 0 Å². The highest BCUT2D eigenvalue weighted by Gasteiger charge is 2.45. The third-order valence-corrected chi connectivity index (χ3v) is 4.83. The molecule has 0 aromatic heterocycles. The minimum atomic E-state index is -1.50. The first-order valence-corrected chi connectivity index (χ1v) is 7.97. The Labute approximate surface area is 140 Å². The second-order valence-electron chi connectivity index (χ2n) is 7.09. The fourth-order valence-electron chi connectivity index (χ4n) is 3.32. The SMILES string of the molecule is CC1(C)CC(=O)C=C(CO)[C@H]1CO[C@@H]1O[C@H](CO)[C@@H](O)[C@H](O)[C@@H]1O. The van der Waals surface area contributed by atoms with Crippen LogP contribution in [-0.2, 0) is 14.3 Å². The summed E-state index contributed by atoms with van der Waals surface area (Å²) >= 11 is 0. The van der Waals surface area contributed by atoms with Gasteiger partial charge in [-0.25, -0.2) is 0 Å². The predicted octanol–water partition coefficient (Wildman–Crippen LogP) is -1.66. The highest BCUT2D eigenvalue weighted by molar-refractivity contribution is 5.92. The maximum atomic E-state index is 11.7. The minimum Gasteiger partial charge on any atom is -0.394 e. The van der Waals surface area contributed by atoms with Crippen LogP contribution in [0.2, 0.25) is 0 Å². The van der Waals surface area contributed by atoms with Gasteiger partial charge in [0.05, 0.1) is 19.8 Å². The third kappa shape index (κ3) is 3.85. The van der Waals surface area contributed by atoms with Crippen molar-refractivity contribution in [2.75, 3.05) is 19.8 Å². The van der Waals surface area contributed by atoms with E-state index in [9.17, 15) is 30.3 Å². The van der Waals surface area contributed by atoms with E-state index in [2.05, 4.69) is 0 Å². The summed E-state index contributed by atoms with van der Waals surface area (Å²) in [6.45, 7) is 3.01. The molecular weight excluding hydrogens is 320 g/mol. The summed E-state index contributed by atoms with van der Waals surface area (Å²) in [6, 6.07) is 0. The summed E-state index contributed by atoms with van der Waals surface area (Å²) in [5, 5.41) is 48.2. The molecule has 0 unspecified atom stereocenters. The van der Waals surface area contributed by atoms with Crippen LogP contribution in [0, 0.1) is 11.3 Å². The maximum absolute atomic E-state index is 11.7. The van der Waals surface area contributed by atoms with Crippen LogP contribution in [0.25, 0.3) is 0 Å². The van der Waals surface area contributed by atoms with Gasteiger partial charge in [-0.1, -0.05) is 13.8 Å². The number of aliphatic hydroxyl groups is 5. The number of carbonyl (C=O) groups excluding carboxylic acids is 1. The lowest BCUT2D eigenvalue weighted by atomic mass is 9.68. The molecule has 1 heterocycles. The topological polar surface area (TPSA) is 137 Å². The van der Waals surface area contributed by atoms with E-state index in [1.54, 1.807) is 0 Å². The standard InChI is InChI=1S/C16H26O8/c1-16(2)4-9(19)3-8(5-17)10(16)7-23-15-14(22)13(21)12(20)11(6-18)24-15/h3,10-15,17-18,20-22H,4-7H2,1-2H3/t10-,11-,12-,13+,14+,15-/m1/s1. The highest BCUT2D eigenvalue weighted by atomic mass is 16.7. The summed E-state index contributed by atoms with van der Waals surface area (Å²) in [6.07, 6.45) is -4.98. The van der Waals surface area contributed by atoms with Gasteiger partial charge in [0.15, 0.2) is 12.1 Å². The van der Waals surface area contributed by atoms with Crippen LogP contribution >= 0.6 is 0 Å². The molecule has 5 N–H and O–H groups in total. The smallest absolute Gasteiger partial charge is 0.186 e. The van der Waals surface area contributed by atoms with Crippen LogP contribution in [0.5, 0.6) is 0 Å². The van der Waals surface area contributed by atoms with Gasteiger partial charge < -0.3 is 35.0 Å². The summed E-state index contributed by atoms with van der Waals surface area (Å²) in [4.78, 5) is 11.7. The van der Waals surface area contributed by atoms with Crippen LogP contribution in [-0.4, -0.2) is 81.8 Å². The molecule has 0 saturated carbocycles. The van der Waals surface area contributed by atoms with E-state index in [-0.39, 0.29) is 24.9 Å². The molecule has 1 aliphatic carbocycles. The molecule has 2 rings (SSSR count). The largest absolute Gasteiger partial charge is 0.394 e. The molecule has 0 radical (unpaired) electrons. The van der Waals surface area contributed by atoms with E-state index < -0.39 is 42.7 Å². The van der Waals surface area contributed by atoms with Gasteiger partial charge in [-0.2, -0.15) is 0 Å². The molecular formula is C16H26O8. The number of allylic oxidation sites excluding steroid dienone is 1. The molecule has 2 aliphatic rings. The van der Waals surface area contributed by atoms with Crippen molar-refractivity contribution in [3.8, 4) is 0 Å². The van der Waals surface area contributed by atoms with E-state index in [4.69, 9.17) is 9.47 Å². The van der Waals surface area contributed by atoms with E-state index in [0.717, 1.165) is 0 Å². The van der Waals surface area contributed by atoms with Crippen molar-refractivity contribution < 1.29 is 39.8 Å². The lowest BCUT2D eigenvalue weighted by molar-refractivity contribution is -0.304. The third-order valence-electron chi connectivity index (χ3n) is 4.83. The fraction of sp³-hybridized carbons (Fsp3) is 0.812. The van der Waals surface area contributed by atoms with Gasteiger partial charge in [0, 0.05) is 12.3 Å². The zero-order chi connectivity index (χ0) is 18.1. The molecule has 1 fully saturated rings. The number of rotatable bonds is 5. The summed E-state index contributed by atoms with van der Waals surface area (Å²) in [7, 11) is 0. The first-order chi connectivity index (χ1) is 11.2. The van der Waals surface area contributed by atoms with Crippen molar-refractivity contribution in [2.24, 2.45) is 11.3 Å². The molecule has 1 aliphatic heterocycles. The zero-order valence-corrected chi connectivity index (χ0v) is 13.8. The molecule has 6 atom stereocenters. The van der Waals surface area contributed by atoms with Crippen LogP contribution in [0.15, 0.2) is 11.6 Å².